The zero-order valence-corrected chi connectivity index (χ0v) is 14.8. The Bertz CT molecular complexity index is 977. The normalized spacial score (nSPS) is 10.7. The Labute approximate surface area is 151 Å². The Morgan fingerprint density at radius 3 is 2.42 bits per heavy atom. The molecule has 26 heavy (non-hydrogen) atoms. The maximum atomic E-state index is 12.4. The molecule has 0 bridgehead atoms. The van der Waals surface area contributed by atoms with Gasteiger partial charge < -0.3 is 9.47 Å². The second kappa shape index (κ2) is 7.82. The number of aromatic nitrogens is 2. The van der Waals surface area contributed by atoms with E-state index in [0.717, 1.165) is 11.3 Å². The highest BCUT2D eigenvalue weighted by molar-refractivity contribution is 6.02. The summed E-state index contributed by atoms with van der Waals surface area (Å²) < 4.78 is 12.1. The van der Waals surface area contributed by atoms with Crippen LogP contribution >= 0.6 is 0 Å². The molecule has 1 aromatic heterocycles. The van der Waals surface area contributed by atoms with Crippen molar-refractivity contribution in [3.63, 3.8) is 0 Å². The van der Waals surface area contributed by atoms with E-state index in [-0.39, 0.29) is 24.5 Å². The van der Waals surface area contributed by atoms with E-state index in [1.54, 1.807) is 31.2 Å². The summed E-state index contributed by atoms with van der Waals surface area (Å²) in [6.45, 7) is 4.50. The van der Waals surface area contributed by atoms with Gasteiger partial charge in [0.1, 0.15) is 19.0 Å². The summed E-state index contributed by atoms with van der Waals surface area (Å²) in [5.41, 5.74) is 1.06. The summed E-state index contributed by atoms with van der Waals surface area (Å²) in [5.74, 6) is 0.144. The van der Waals surface area contributed by atoms with Crippen molar-refractivity contribution in [2.45, 2.75) is 20.4 Å². The molecule has 0 N–H and O–H groups in total. The molecule has 0 fully saturated rings. The van der Waals surface area contributed by atoms with E-state index in [1.807, 2.05) is 31.2 Å². The summed E-state index contributed by atoms with van der Waals surface area (Å²) in [5, 5.41) is 5.10. The third kappa shape index (κ3) is 3.74. The Morgan fingerprint density at radius 2 is 1.73 bits per heavy atom. The van der Waals surface area contributed by atoms with Gasteiger partial charge in [0.05, 0.1) is 5.39 Å². The molecule has 0 saturated heterocycles. The van der Waals surface area contributed by atoms with Crippen molar-refractivity contribution in [3.8, 4) is 5.75 Å². The van der Waals surface area contributed by atoms with Gasteiger partial charge in [0.15, 0.2) is 5.69 Å². The van der Waals surface area contributed by atoms with Gasteiger partial charge in [0.2, 0.25) is 0 Å². The standard InChI is InChI=1S/C20H20N2O4/c1-3-22-19(23)17-7-5-4-6-16(17)18(21-22)20(24)26-13-12-25-15-10-8-14(2)9-11-15/h4-11H,3,12-13H2,1-2H3. The van der Waals surface area contributed by atoms with Crippen LogP contribution in [0.3, 0.4) is 0 Å². The van der Waals surface area contributed by atoms with Crippen molar-refractivity contribution in [3.05, 3.63) is 70.1 Å². The van der Waals surface area contributed by atoms with E-state index in [1.165, 1.54) is 4.68 Å². The lowest BCUT2D eigenvalue weighted by atomic mass is 10.1. The van der Waals surface area contributed by atoms with Crippen molar-refractivity contribution in [1.29, 1.82) is 0 Å². The highest BCUT2D eigenvalue weighted by Crippen LogP contribution is 2.15. The number of hydrogen-bond donors (Lipinski definition) is 0. The number of carbonyl (C=O) groups is 1. The highest BCUT2D eigenvalue weighted by Gasteiger charge is 2.17. The monoisotopic (exact) mass is 352 g/mol. The van der Waals surface area contributed by atoms with Gasteiger partial charge >= 0.3 is 5.97 Å². The van der Waals surface area contributed by atoms with Gasteiger partial charge in [-0.2, -0.15) is 5.10 Å². The number of hydrogen-bond acceptors (Lipinski definition) is 5. The lowest BCUT2D eigenvalue weighted by Crippen LogP contribution is -2.26. The number of ether oxygens (including phenoxy) is 2. The van der Waals surface area contributed by atoms with E-state index >= 15 is 0 Å². The Hall–Kier alpha value is -3.15. The Balaban J connectivity index is 1.70. The first-order valence-corrected chi connectivity index (χ1v) is 8.46. The number of carbonyl (C=O) groups excluding carboxylic acids is 1. The van der Waals surface area contributed by atoms with E-state index in [0.29, 0.717) is 17.3 Å². The molecule has 134 valence electrons. The van der Waals surface area contributed by atoms with Crippen molar-refractivity contribution >= 4 is 16.7 Å². The molecule has 0 radical (unpaired) electrons. The first-order chi connectivity index (χ1) is 12.6. The quantitative estimate of drug-likeness (QED) is 0.504. The van der Waals surface area contributed by atoms with Crippen molar-refractivity contribution in [2.75, 3.05) is 13.2 Å². The summed E-state index contributed by atoms with van der Waals surface area (Å²) in [6, 6.07) is 14.5. The van der Waals surface area contributed by atoms with Crippen LogP contribution in [-0.4, -0.2) is 29.0 Å². The second-order valence-corrected chi connectivity index (χ2v) is 5.81. The van der Waals surface area contributed by atoms with Crippen LogP contribution in [0.2, 0.25) is 0 Å². The predicted octanol–water partition coefficient (Wildman–Crippen LogP) is 2.96. The number of nitrogens with zero attached hydrogens (tertiary/aromatic N) is 2. The molecule has 0 saturated carbocycles. The molecule has 1 heterocycles. The molecule has 2 aromatic carbocycles. The van der Waals surface area contributed by atoms with Crippen LogP contribution in [0.5, 0.6) is 5.75 Å². The van der Waals surface area contributed by atoms with Gasteiger partial charge in [-0.1, -0.05) is 35.9 Å². The molecule has 0 aliphatic rings. The molecule has 0 unspecified atom stereocenters. The van der Waals surface area contributed by atoms with Gasteiger partial charge in [0, 0.05) is 11.9 Å². The van der Waals surface area contributed by atoms with Gasteiger partial charge in [0.25, 0.3) is 5.56 Å². The first kappa shape index (κ1) is 17.7. The highest BCUT2D eigenvalue weighted by atomic mass is 16.6. The number of fused-ring (bicyclic) bond motifs is 1. The van der Waals surface area contributed by atoms with E-state index in [4.69, 9.17) is 9.47 Å². The lowest BCUT2D eigenvalue weighted by Gasteiger charge is -2.10. The maximum absolute atomic E-state index is 12.4. The van der Waals surface area contributed by atoms with E-state index < -0.39 is 5.97 Å². The average Bonchev–Trinajstić information content (AvgIpc) is 2.67. The maximum Gasteiger partial charge on any atom is 0.359 e. The molecule has 6 nitrogen and oxygen atoms in total. The Kier molecular flexibility index (Phi) is 5.31. The van der Waals surface area contributed by atoms with Crippen molar-refractivity contribution < 1.29 is 14.3 Å². The van der Waals surface area contributed by atoms with Crippen LogP contribution in [0.4, 0.5) is 0 Å². The number of rotatable bonds is 6. The fourth-order valence-electron chi connectivity index (χ4n) is 2.60. The first-order valence-electron chi connectivity index (χ1n) is 8.46. The fraction of sp³-hybridized carbons (Fsp3) is 0.250. The third-order valence-electron chi connectivity index (χ3n) is 3.97. The molecule has 0 aliphatic carbocycles. The minimum Gasteiger partial charge on any atom is -0.490 e. The third-order valence-corrected chi connectivity index (χ3v) is 3.97. The molecule has 0 spiro atoms. The minimum absolute atomic E-state index is 0.0912. The fourth-order valence-corrected chi connectivity index (χ4v) is 2.60. The van der Waals surface area contributed by atoms with Crippen LogP contribution in [0.1, 0.15) is 23.0 Å². The molecular weight excluding hydrogens is 332 g/mol. The largest absolute Gasteiger partial charge is 0.490 e. The van der Waals surface area contributed by atoms with E-state index in [9.17, 15) is 9.59 Å². The van der Waals surface area contributed by atoms with Crippen molar-refractivity contribution in [2.24, 2.45) is 0 Å². The molecule has 0 aliphatic heterocycles. The number of aryl methyl sites for hydroxylation is 2. The molecule has 3 rings (SSSR count). The summed E-state index contributed by atoms with van der Waals surface area (Å²) >= 11 is 0. The van der Waals surface area contributed by atoms with Gasteiger partial charge in [-0.05, 0) is 32.0 Å². The molecule has 0 atom stereocenters. The second-order valence-electron chi connectivity index (χ2n) is 5.81. The van der Waals surface area contributed by atoms with Gasteiger partial charge in [-0.25, -0.2) is 9.48 Å². The van der Waals surface area contributed by atoms with Crippen LogP contribution in [0.15, 0.2) is 53.3 Å². The zero-order chi connectivity index (χ0) is 18.5. The van der Waals surface area contributed by atoms with E-state index in [2.05, 4.69) is 5.10 Å². The van der Waals surface area contributed by atoms with Crippen LogP contribution in [-0.2, 0) is 11.3 Å². The SMILES string of the molecule is CCn1nc(C(=O)OCCOc2ccc(C)cc2)c2ccccc2c1=O. The summed E-state index contributed by atoms with van der Waals surface area (Å²) in [4.78, 5) is 24.7. The summed E-state index contributed by atoms with van der Waals surface area (Å²) in [6.07, 6.45) is 0. The van der Waals surface area contributed by atoms with Crippen LogP contribution in [0.25, 0.3) is 10.8 Å². The minimum atomic E-state index is -0.573. The van der Waals surface area contributed by atoms with Gasteiger partial charge in [-0.3, -0.25) is 4.79 Å². The van der Waals surface area contributed by atoms with Crippen molar-refractivity contribution in [1.82, 2.24) is 9.78 Å². The predicted molar refractivity (Wildman–Crippen MR) is 98.6 cm³/mol. The van der Waals surface area contributed by atoms with Crippen LogP contribution in [0, 0.1) is 6.92 Å². The molecule has 0 amide bonds. The topological polar surface area (TPSA) is 70.4 Å². The van der Waals surface area contributed by atoms with Gasteiger partial charge in [-0.15, -0.1) is 0 Å². The lowest BCUT2D eigenvalue weighted by molar-refractivity contribution is 0.0443. The summed E-state index contributed by atoms with van der Waals surface area (Å²) in [7, 11) is 0. The number of benzene rings is 2. The molecule has 6 heteroatoms. The molecule has 3 aromatic rings. The smallest absolute Gasteiger partial charge is 0.359 e. The van der Waals surface area contributed by atoms with Crippen LogP contribution < -0.4 is 10.3 Å². The molecular formula is C20H20N2O4. The zero-order valence-electron chi connectivity index (χ0n) is 14.8. The number of esters is 1. The average molecular weight is 352 g/mol. The Morgan fingerprint density at radius 1 is 1.04 bits per heavy atom.